The summed E-state index contributed by atoms with van der Waals surface area (Å²) in [5.74, 6) is 2.05. The van der Waals surface area contributed by atoms with E-state index < -0.39 is 0 Å². The van der Waals surface area contributed by atoms with E-state index in [1.807, 2.05) is 5.57 Å². The van der Waals surface area contributed by atoms with Crippen molar-refractivity contribution < 1.29 is 0 Å². The zero-order chi connectivity index (χ0) is 31.3. The largest absolute Gasteiger partial charge is 0.0645 e. The maximum Gasteiger partial charge on any atom is 0.0199 e. The fraction of sp³-hybridized carbons (Fsp3) is 0.628. The first-order chi connectivity index (χ1) is 20.0. The second-order valence-corrected chi connectivity index (χ2v) is 18.2. The van der Waals surface area contributed by atoms with E-state index in [1.54, 1.807) is 22.3 Å². The Morgan fingerprint density at radius 2 is 1.21 bits per heavy atom. The van der Waals surface area contributed by atoms with Gasteiger partial charge in [-0.05, 0) is 124 Å². The number of hydrogen-bond acceptors (Lipinski definition) is 0. The number of fused-ring (bicyclic) bond motifs is 3. The van der Waals surface area contributed by atoms with E-state index in [0.29, 0.717) is 5.92 Å². The predicted molar refractivity (Wildman–Crippen MR) is 187 cm³/mol. The summed E-state index contributed by atoms with van der Waals surface area (Å²) in [4.78, 5) is 0. The van der Waals surface area contributed by atoms with Crippen molar-refractivity contribution in [3.05, 3.63) is 80.4 Å². The molecule has 0 N–H and O–H groups in total. The molecule has 0 saturated heterocycles. The molecule has 4 aliphatic carbocycles. The van der Waals surface area contributed by atoms with Crippen molar-refractivity contribution in [3.8, 4) is 11.1 Å². The van der Waals surface area contributed by atoms with Crippen molar-refractivity contribution in [1.29, 1.82) is 0 Å². The molecule has 1 fully saturated rings. The monoisotopic (exact) mass is 576 g/mol. The minimum absolute atomic E-state index is 0.127. The SMILES string of the molecule is CCC1(C2c3cc(C)c(C(C)(C)C)cc3-c3cc(C(C)(C)C)c(C)cc32)CC(C2CCCCC2)C2=C1C=C(C(C)(C)C)C2. The average molecular weight is 577 g/mol. The van der Waals surface area contributed by atoms with Crippen molar-refractivity contribution in [3.63, 3.8) is 0 Å². The second kappa shape index (κ2) is 10.2. The van der Waals surface area contributed by atoms with Crippen molar-refractivity contribution in [2.45, 2.75) is 151 Å². The summed E-state index contributed by atoms with van der Waals surface area (Å²) in [6, 6.07) is 10.5. The molecule has 2 unspecified atom stereocenters. The Hall–Kier alpha value is -2.08. The van der Waals surface area contributed by atoms with Gasteiger partial charge in [-0.1, -0.05) is 130 Å². The molecule has 0 aliphatic heterocycles. The van der Waals surface area contributed by atoms with E-state index in [-0.39, 0.29) is 21.7 Å². The van der Waals surface area contributed by atoms with Gasteiger partial charge in [0.15, 0.2) is 0 Å². The third-order valence-corrected chi connectivity index (χ3v) is 12.3. The van der Waals surface area contributed by atoms with Crippen LogP contribution in [0.1, 0.15) is 160 Å². The Labute approximate surface area is 264 Å². The molecule has 4 aliphatic rings. The van der Waals surface area contributed by atoms with Crippen LogP contribution < -0.4 is 0 Å². The molecule has 0 aromatic heterocycles. The molecule has 0 amide bonds. The number of allylic oxidation sites excluding steroid dienone is 4. The summed E-state index contributed by atoms with van der Waals surface area (Å²) in [5, 5.41) is 0. The van der Waals surface area contributed by atoms with E-state index in [0.717, 1.165) is 11.8 Å². The lowest BCUT2D eigenvalue weighted by atomic mass is 9.62. The van der Waals surface area contributed by atoms with Gasteiger partial charge < -0.3 is 0 Å². The third kappa shape index (κ3) is 4.93. The van der Waals surface area contributed by atoms with Gasteiger partial charge in [0.1, 0.15) is 0 Å². The topological polar surface area (TPSA) is 0 Å². The van der Waals surface area contributed by atoms with Crippen molar-refractivity contribution >= 4 is 0 Å². The normalized spacial score (nSPS) is 24.8. The lowest BCUT2D eigenvalue weighted by Gasteiger charge is -2.41. The highest BCUT2D eigenvalue weighted by Gasteiger charge is 2.55. The molecule has 0 heterocycles. The highest BCUT2D eigenvalue weighted by molar-refractivity contribution is 5.82. The molecular weight excluding hydrogens is 516 g/mol. The van der Waals surface area contributed by atoms with Crippen molar-refractivity contribution in [2.24, 2.45) is 22.7 Å². The molecule has 232 valence electrons. The Balaban J connectivity index is 1.61. The minimum atomic E-state index is 0.127. The van der Waals surface area contributed by atoms with Crippen LogP contribution in [0, 0.1) is 36.5 Å². The Morgan fingerprint density at radius 1 is 0.698 bits per heavy atom. The van der Waals surface area contributed by atoms with E-state index in [1.165, 1.54) is 84.7 Å². The Kier molecular flexibility index (Phi) is 7.35. The quantitative estimate of drug-likeness (QED) is 0.341. The fourth-order valence-corrected chi connectivity index (χ4v) is 10.1. The summed E-state index contributed by atoms with van der Waals surface area (Å²) < 4.78 is 0. The van der Waals surface area contributed by atoms with Gasteiger partial charge in [0.2, 0.25) is 0 Å². The minimum Gasteiger partial charge on any atom is -0.0645 e. The maximum atomic E-state index is 2.74. The first-order valence-corrected chi connectivity index (χ1v) is 17.7. The van der Waals surface area contributed by atoms with Crippen LogP contribution in [0.25, 0.3) is 11.1 Å². The molecule has 0 heteroatoms. The van der Waals surface area contributed by atoms with Gasteiger partial charge in [-0.2, -0.15) is 0 Å². The van der Waals surface area contributed by atoms with Crippen LogP contribution in [0.15, 0.2) is 47.1 Å². The molecule has 6 rings (SSSR count). The van der Waals surface area contributed by atoms with E-state index >= 15 is 0 Å². The van der Waals surface area contributed by atoms with E-state index in [2.05, 4.69) is 113 Å². The van der Waals surface area contributed by atoms with Gasteiger partial charge in [-0.3, -0.25) is 0 Å². The van der Waals surface area contributed by atoms with Crippen LogP contribution in [0.3, 0.4) is 0 Å². The molecule has 43 heavy (non-hydrogen) atoms. The highest BCUT2D eigenvalue weighted by Crippen LogP contribution is 2.68. The Bertz CT molecular complexity index is 1430. The standard InChI is InChI=1S/C43H60/c1-13-43(25-35(28-17-15-14-16-18-28)32-21-29(22-38(32)43)40(4,5)6)39-33-19-26(2)36(41(7,8)9)23-30(33)31-24-37(42(10,11)12)27(3)20-34(31)39/h19-20,22-24,28,35,39H,13-18,21,25H2,1-12H3. The van der Waals surface area contributed by atoms with Crippen LogP contribution in [0.5, 0.6) is 0 Å². The number of benzene rings is 2. The second-order valence-electron chi connectivity index (χ2n) is 18.2. The lowest BCUT2D eigenvalue weighted by Crippen LogP contribution is -2.30. The summed E-state index contributed by atoms with van der Waals surface area (Å²) in [6.07, 6.45) is 13.7. The summed E-state index contributed by atoms with van der Waals surface area (Å²) in [5.41, 5.74) is 18.1. The molecule has 2 atom stereocenters. The van der Waals surface area contributed by atoms with E-state index in [4.69, 9.17) is 0 Å². The summed E-state index contributed by atoms with van der Waals surface area (Å²) in [6.45, 7) is 28.9. The van der Waals surface area contributed by atoms with E-state index in [9.17, 15) is 0 Å². The molecule has 0 bridgehead atoms. The first kappa shape index (κ1) is 30.9. The smallest absolute Gasteiger partial charge is 0.0199 e. The van der Waals surface area contributed by atoms with Crippen LogP contribution in [0.4, 0.5) is 0 Å². The zero-order valence-electron chi connectivity index (χ0n) is 29.8. The predicted octanol–water partition coefficient (Wildman–Crippen LogP) is 12.7. The summed E-state index contributed by atoms with van der Waals surface area (Å²) in [7, 11) is 0. The molecule has 0 radical (unpaired) electrons. The van der Waals surface area contributed by atoms with Crippen LogP contribution >= 0.6 is 0 Å². The number of hydrogen-bond donors (Lipinski definition) is 0. The summed E-state index contributed by atoms with van der Waals surface area (Å²) >= 11 is 0. The van der Waals surface area contributed by atoms with Crippen molar-refractivity contribution in [1.82, 2.24) is 0 Å². The maximum absolute atomic E-state index is 2.74. The Morgan fingerprint density at radius 3 is 1.65 bits per heavy atom. The lowest BCUT2D eigenvalue weighted by molar-refractivity contribution is 0.205. The number of aryl methyl sites for hydroxylation is 2. The molecule has 0 spiro atoms. The average Bonchev–Trinajstić information content (AvgIpc) is 3.56. The van der Waals surface area contributed by atoms with Crippen molar-refractivity contribution in [2.75, 3.05) is 0 Å². The molecule has 2 aromatic carbocycles. The molecule has 0 nitrogen and oxygen atoms in total. The molecule has 2 aromatic rings. The molecule has 1 saturated carbocycles. The van der Waals surface area contributed by atoms with Gasteiger partial charge >= 0.3 is 0 Å². The fourth-order valence-electron chi connectivity index (χ4n) is 10.1. The van der Waals surface area contributed by atoms with Crippen LogP contribution in [-0.2, 0) is 10.8 Å². The van der Waals surface area contributed by atoms with Gasteiger partial charge in [-0.25, -0.2) is 0 Å². The zero-order valence-corrected chi connectivity index (χ0v) is 29.8. The highest BCUT2D eigenvalue weighted by atomic mass is 14.6. The third-order valence-electron chi connectivity index (χ3n) is 12.3. The van der Waals surface area contributed by atoms with Crippen LogP contribution in [0.2, 0.25) is 0 Å². The number of rotatable bonds is 3. The van der Waals surface area contributed by atoms with Gasteiger partial charge in [-0.15, -0.1) is 0 Å². The van der Waals surface area contributed by atoms with Gasteiger partial charge in [0.25, 0.3) is 0 Å². The molecular formula is C43H60. The first-order valence-electron chi connectivity index (χ1n) is 17.7. The van der Waals surface area contributed by atoms with Crippen LogP contribution in [-0.4, -0.2) is 0 Å². The van der Waals surface area contributed by atoms with Gasteiger partial charge in [0, 0.05) is 11.3 Å². The van der Waals surface area contributed by atoms with Gasteiger partial charge in [0.05, 0.1) is 0 Å².